The van der Waals surface area contributed by atoms with Crippen LogP contribution in [0.3, 0.4) is 0 Å². The molecule has 0 saturated heterocycles. The van der Waals surface area contributed by atoms with Gasteiger partial charge in [-0.25, -0.2) is 13.1 Å². The lowest BCUT2D eigenvalue weighted by Crippen LogP contribution is -2.31. The maximum absolute atomic E-state index is 12.1. The lowest BCUT2D eigenvalue weighted by molar-refractivity contribution is -0.128. The number of hydrogen-bond acceptors (Lipinski definition) is 4. The van der Waals surface area contributed by atoms with Crippen molar-refractivity contribution < 1.29 is 13.2 Å². The van der Waals surface area contributed by atoms with Gasteiger partial charge in [0.05, 0.1) is 5.69 Å². The van der Waals surface area contributed by atoms with E-state index >= 15 is 0 Å². The lowest BCUT2D eigenvalue weighted by Gasteiger charge is -2.13. The number of rotatable bonds is 5. The summed E-state index contributed by atoms with van der Waals surface area (Å²) < 4.78 is 26.6. The number of amides is 1. The van der Waals surface area contributed by atoms with E-state index in [1.165, 1.54) is 11.0 Å². The van der Waals surface area contributed by atoms with Gasteiger partial charge < -0.3 is 10.6 Å². The molecule has 0 heterocycles. The van der Waals surface area contributed by atoms with Crippen LogP contribution in [0.1, 0.15) is 12.0 Å². The minimum atomic E-state index is -3.69. The maximum Gasteiger partial charge on any atom is 0.242 e. The van der Waals surface area contributed by atoms with Gasteiger partial charge >= 0.3 is 0 Å². The van der Waals surface area contributed by atoms with Gasteiger partial charge in [0.1, 0.15) is 4.90 Å². The van der Waals surface area contributed by atoms with E-state index in [9.17, 15) is 13.2 Å². The van der Waals surface area contributed by atoms with Crippen LogP contribution in [0.5, 0.6) is 0 Å². The zero-order valence-electron chi connectivity index (χ0n) is 11.3. The van der Waals surface area contributed by atoms with Crippen LogP contribution in [0.15, 0.2) is 23.1 Å². The molecule has 0 saturated carbocycles. The minimum Gasteiger partial charge on any atom is -0.398 e. The number of anilines is 1. The summed E-state index contributed by atoms with van der Waals surface area (Å²) in [7, 11) is -0.446. The van der Waals surface area contributed by atoms with Crippen molar-refractivity contribution in [3.63, 3.8) is 0 Å². The van der Waals surface area contributed by atoms with Gasteiger partial charge in [0.2, 0.25) is 15.9 Å². The number of nitrogens with one attached hydrogen (secondary N) is 1. The van der Waals surface area contributed by atoms with Crippen LogP contribution in [0.4, 0.5) is 5.69 Å². The van der Waals surface area contributed by atoms with Crippen LogP contribution in [-0.4, -0.2) is 39.9 Å². The monoisotopic (exact) mass is 285 g/mol. The fraction of sp³-hybridized carbons (Fsp3) is 0.417. The van der Waals surface area contributed by atoms with E-state index in [0.29, 0.717) is 5.56 Å². The van der Waals surface area contributed by atoms with E-state index in [1.54, 1.807) is 33.2 Å². The molecule has 0 radical (unpaired) electrons. The molecule has 0 aromatic heterocycles. The molecule has 1 amide bonds. The summed E-state index contributed by atoms with van der Waals surface area (Å²) in [6, 6.07) is 4.90. The first-order chi connectivity index (χ1) is 8.75. The summed E-state index contributed by atoms with van der Waals surface area (Å²) in [6.45, 7) is 1.73. The smallest absolute Gasteiger partial charge is 0.242 e. The fourth-order valence-electron chi connectivity index (χ4n) is 1.63. The number of hydrogen-bond donors (Lipinski definition) is 2. The summed E-state index contributed by atoms with van der Waals surface area (Å²) in [5.41, 5.74) is 6.47. The molecule has 0 aliphatic rings. The van der Waals surface area contributed by atoms with Crippen LogP contribution in [0, 0.1) is 6.92 Å². The van der Waals surface area contributed by atoms with Crippen molar-refractivity contribution in [1.82, 2.24) is 9.62 Å². The topological polar surface area (TPSA) is 92.5 Å². The number of benzene rings is 1. The Bertz CT molecular complexity index is 547. The zero-order chi connectivity index (χ0) is 14.6. The Kier molecular flexibility index (Phi) is 4.90. The summed E-state index contributed by atoms with van der Waals surface area (Å²) in [4.78, 5) is 12.9. The maximum atomic E-state index is 12.1. The molecule has 6 nitrogen and oxygen atoms in total. The largest absolute Gasteiger partial charge is 0.398 e. The van der Waals surface area contributed by atoms with E-state index in [1.807, 2.05) is 0 Å². The highest BCUT2D eigenvalue weighted by Gasteiger charge is 2.19. The van der Waals surface area contributed by atoms with Gasteiger partial charge in [0.25, 0.3) is 0 Å². The third-order valence-corrected chi connectivity index (χ3v) is 4.32. The SMILES string of the molecule is Cc1cccc(N)c1S(=O)(=O)NCCC(=O)N(C)C. The zero-order valence-corrected chi connectivity index (χ0v) is 12.1. The molecule has 0 spiro atoms. The Morgan fingerprint density at radius 2 is 2.00 bits per heavy atom. The molecule has 0 bridgehead atoms. The summed E-state index contributed by atoms with van der Waals surface area (Å²) in [5.74, 6) is -0.138. The second-order valence-electron chi connectivity index (χ2n) is 4.43. The average molecular weight is 285 g/mol. The van der Waals surface area contributed by atoms with Crippen molar-refractivity contribution in [2.24, 2.45) is 0 Å². The molecule has 0 aliphatic carbocycles. The second-order valence-corrected chi connectivity index (χ2v) is 6.13. The molecule has 1 aromatic rings. The van der Waals surface area contributed by atoms with Crippen molar-refractivity contribution in [2.75, 3.05) is 26.4 Å². The molecular formula is C12H19N3O3S. The number of nitrogens with zero attached hydrogens (tertiary/aromatic N) is 1. The van der Waals surface area contributed by atoms with Crippen molar-refractivity contribution in [3.8, 4) is 0 Å². The van der Waals surface area contributed by atoms with Crippen molar-refractivity contribution in [1.29, 1.82) is 0 Å². The van der Waals surface area contributed by atoms with Crippen LogP contribution < -0.4 is 10.5 Å². The Balaban J connectivity index is 2.80. The summed E-state index contributed by atoms with van der Waals surface area (Å²) in [5, 5.41) is 0. The number of sulfonamides is 1. The van der Waals surface area contributed by atoms with E-state index in [4.69, 9.17) is 5.73 Å². The molecule has 7 heteroatoms. The van der Waals surface area contributed by atoms with Gasteiger partial charge in [0, 0.05) is 27.1 Å². The highest BCUT2D eigenvalue weighted by molar-refractivity contribution is 7.89. The van der Waals surface area contributed by atoms with Crippen LogP contribution >= 0.6 is 0 Å². The van der Waals surface area contributed by atoms with E-state index in [0.717, 1.165) is 0 Å². The van der Waals surface area contributed by atoms with Crippen molar-refractivity contribution in [3.05, 3.63) is 23.8 Å². The molecule has 0 fully saturated rings. The molecule has 1 aromatic carbocycles. The lowest BCUT2D eigenvalue weighted by atomic mass is 10.2. The third-order valence-electron chi connectivity index (χ3n) is 2.64. The number of nitrogen functional groups attached to an aromatic ring is 1. The molecule has 0 unspecified atom stereocenters. The Morgan fingerprint density at radius 3 is 2.53 bits per heavy atom. The van der Waals surface area contributed by atoms with Gasteiger partial charge in [-0.15, -0.1) is 0 Å². The number of carbonyl (C=O) groups excluding carboxylic acids is 1. The summed E-state index contributed by atoms with van der Waals surface area (Å²) >= 11 is 0. The van der Waals surface area contributed by atoms with Crippen molar-refractivity contribution in [2.45, 2.75) is 18.2 Å². The molecular weight excluding hydrogens is 266 g/mol. The minimum absolute atomic E-state index is 0.0487. The number of aryl methyl sites for hydroxylation is 1. The molecule has 1 rings (SSSR count). The standard InChI is InChI=1S/C12H19N3O3S/c1-9-5-4-6-10(13)12(9)19(17,18)14-8-7-11(16)15(2)3/h4-6,14H,7-8,13H2,1-3H3. The number of nitrogens with two attached hydrogens (primary N) is 1. The first-order valence-electron chi connectivity index (χ1n) is 5.80. The highest BCUT2D eigenvalue weighted by Crippen LogP contribution is 2.21. The quantitative estimate of drug-likeness (QED) is 0.763. The second kappa shape index (κ2) is 6.03. The Morgan fingerprint density at radius 1 is 1.37 bits per heavy atom. The normalized spacial score (nSPS) is 11.3. The fourth-order valence-corrected chi connectivity index (χ4v) is 3.02. The first-order valence-corrected chi connectivity index (χ1v) is 7.29. The number of carbonyl (C=O) groups is 1. The summed E-state index contributed by atoms with van der Waals surface area (Å²) in [6.07, 6.45) is 0.109. The van der Waals surface area contributed by atoms with Gasteiger partial charge in [0.15, 0.2) is 0 Å². The third kappa shape index (κ3) is 3.93. The van der Waals surface area contributed by atoms with Crippen LogP contribution in [0.2, 0.25) is 0 Å². The van der Waals surface area contributed by atoms with Gasteiger partial charge in [-0.3, -0.25) is 4.79 Å². The van der Waals surface area contributed by atoms with Gasteiger partial charge in [-0.1, -0.05) is 12.1 Å². The molecule has 0 atom stereocenters. The first kappa shape index (κ1) is 15.5. The van der Waals surface area contributed by atoms with Gasteiger partial charge in [-0.2, -0.15) is 0 Å². The average Bonchev–Trinajstić information content (AvgIpc) is 2.27. The van der Waals surface area contributed by atoms with Crippen LogP contribution in [0.25, 0.3) is 0 Å². The van der Waals surface area contributed by atoms with Crippen molar-refractivity contribution >= 4 is 21.6 Å². The Hall–Kier alpha value is -1.60. The molecule has 19 heavy (non-hydrogen) atoms. The molecule has 3 N–H and O–H groups in total. The van der Waals surface area contributed by atoms with Gasteiger partial charge in [-0.05, 0) is 18.6 Å². The molecule has 106 valence electrons. The van der Waals surface area contributed by atoms with E-state index in [2.05, 4.69) is 4.72 Å². The van der Waals surface area contributed by atoms with E-state index in [-0.39, 0.29) is 29.5 Å². The Labute approximate surface area is 113 Å². The predicted octanol–water partition coefficient (Wildman–Crippen LogP) is 0.334. The van der Waals surface area contributed by atoms with Crippen LogP contribution in [-0.2, 0) is 14.8 Å². The molecule has 0 aliphatic heterocycles. The highest BCUT2D eigenvalue weighted by atomic mass is 32.2. The predicted molar refractivity (Wildman–Crippen MR) is 74.1 cm³/mol. The van der Waals surface area contributed by atoms with E-state index < -0.39 is 10.0 Å².